The lowest BCUT2D eigenvalue weighted by molar-refractivity contribution is 0.0593. The molecule has 0 N–H and O–H groups in total. The molecule has 0 aliphatic rings. The summed E-state index contributed by atoms with van der Waals surface area (Å²) in [7, 11) is 3.25. The molecule has 0 spiro atoms. The van der Waals surface area contributed by atoms with Gasteiger partial charge in [0.2, 0.25) is 0 Å². The quantitative estimate of drug-likeness (QED) is 0.721. The predicted octanol–water partition coefficient (Wildman–Crippen LogP) is 1.36. The van der Waals surface area contributed by atoms with Crippen molar-refractivity contribution in [2.24, 2.45) is 5.92 Å². The number of carbonyl (C=O) groups excluding carboxylic acids is 1. The van der Waals surface area contributed by atoms with Crippen molar-refractivity contribution in [2.75, 3.05) is 25.6 Å². The molecule has 0 aliphatic heterocycles. The Morgan fingerprint density at radius 2 is 2.19 bits per heavy atom. The Kier molecular flexibility index (Phi) is 4.22. The van der Waals surface area contributed by atoms with Gasteiger partial charge in [-0.2, -0.15) is 0 Å². The van der Waals surface area contributed by atoms with Gasteiger partial charge >= 0.3 is 5.97 Å². The number of carbonyl (C=O) groups is 1. The van der Waals surface area contributed by atoms with Crippen LogP contribution in [0.2, 0.25) is 0 Å². The van der Waals surface area contributed by atoms with Crippen LogP contribution in [-0.2, 0) is 4.74 Å². The van der Waals surface area contributed by atoms with Gasteiger partial charge in [0.15, 0.2) is 5.69 Å². The smallest absolute Gasteiger partial charge is 0.358 e. The first kappa shape index (κ1) is 12.4. The Bertz CT molecular complexity index is 366. The summed E-state index contributed by atoms with van der Waals surface area (Å²) >= 11 is 0. The summed E-state index contributed by atoms with van der Waals surface area (Å²) in [6, 6.07) is 0. The third-order valence-electron chi connectivity index (χ3n) is 2.05. The molecule has 0 bridgehead atoms. The number of nitrogens with zero attached hydrogens (tertiary/aromatic N) is 3. The van der Waals surface area contributed by atoms with Gasteiger partial charge in [0.05, 0.1) is 19.5 Å². The number of anilines is 1. The van der Waals surface area contributed by atoms with Crippen LogP contribution < -0.4 is 4.90 Å². The van der Waals surface area contributed by atoms with Gasteiger partial charge in [0, 0.05) is 13.6 Å². The zero-order valence-electron chi connectivity index (χ0n) is 10.1. The number of esters is 1. The van der Waals surface area contributed by atoms with E-state index in [9.17, 15) is 4.79 Å². The Hall–Kier alpha value is -1.65. The van der Waals surface area contributed by atoms with Gasteiger partial charge in [-0.3, -0.25) is 4.98 Å². The average Bonchev–Trinajstić information content (AvgIpc) is 2.27. The van der Waals surface area contributed by atoms with Crippen LogP contribution in [0.5, 0.6) is 0 Å². The highest BCUT2D eigenvalue weighted by Crippen LogP contribution is 2.10. The number of rotatable bonds is 4. The maximum absolute atomic E-state index is 11.3. The summed E-state index contributed by atoms with van der Waals surface area (Å²) in [6.07, 6.45) is 3.04. The molecular weight excluding hydrogens is 206 g/mol. The molecule has 16 heavy (non-hydrogen) atoms. The first-order chi connectivity index (χ1) is 7.54. The van der Waals surface area contributed by atoms with Crippen molar-refractivity contribution < 1.29 is 9.53 Å². The van der Waals surface area contributed by atoms with Crippen LogP contribution in [0.1, 0.15) is 24.3 Å². The standard InChI is InChI=1S/C11H17N3O2/c1-8(2)7-14(3)10-6-12-5-9(13-10)11(15)16-4/h5-6,8H,7H2,1-4H3. The first-order valence-corrected chi connectivity index (χ1v) is 5.16. The van der Waals surface area contributed by atoms with Crippen LogP contribution in [-0.4, -0.2) is 36.6 Å². The molecule has 0 atom stereocenters. The molecule has 5 heteroatoms. The lowest BCUT2D eigenvalue weighted by Crippen LogP contribution is -2.24. The van der Waals surface area contributed by atoms with Gasteiger partial charge in [-0.25, -0.2) is 9.78 Å². The van der Waals surface area contributed by atoms with Crippen LogP contribution in [0.4, 0.5) is 5.82 Å². The molecule has 5 nitrogen and oxygen atoms in total. The van der Waals surface area contributed by atoms with Gasteiger partial charge in [-0.15, -0.1) is 0 Å². The fourth-order valence-electron chi connectivity index (χ4n) is 1.38. The Morgan fingerprint density at radius 1 is 1.50 bits per heavy atom. The second kappa shape index (κ2) is 5.44. The highest BCUT2D eigenvalue weighted by Gasteiger charge is 2.11. The number of ether oxygens (including phenoxy) is 1. The van der Waals surface area contributed by atoms with E-state index in [0.717, 1.165) is 6.54 Å². The molecule has 0 unspecified atom stereocenters. The van der Waals surface area contributed by atoms with Crippen molar-refractivity contribution in [1.29, 1.82) is 0 Å². The fourth-order valence-corrected chi connectivity index (χ4v) is 1.38. The lowest BCUT2D eigenvalue weighted by atomic mass is 10.2. The van der Waals surface area contributed by atoms with Crippen molar-refractivity contribution in [3.8, 4) is 0 Å². The van der Waals surface area contributed by atoms with Gasteiger partial charge in [0.25, 0.3) is 0 Å². The van der Waals surface area contributed by atoms with E-state index in [0.29, 0.717) is 11.7 Å². The fraction of sp³-hybridized carbons (Fsp3) is 0.545. The van der Waals surface area contributed by atoms with Crippen LogP contribution in [0, 0.1) is 5.92 Å². The molecule has 0 aromatic carbocycles. The van der Waals surface area contributed by atoms with E-state index >= 15 is 0 Å². The largest absolute Gasteiger partial charge is 0.464 e. The van der Waals surface area contributed by atoms with Crippen LogP contribution in [0.3, 0.4) is 0 Å². The zero-order valence-corrected chi connectivity index (χ0v) is 10.1. The summed E-state index contributed by atoms with van der Waals surface area (Å²) in [6.45, 7) is 5.10. The molecular formula is C11H17N3O2. The molecule has 88 valence electrons. The highest BCUT2D eigenvalue weighted by atomic mass is 16.5. The van der Waals surface area contributed by atoms with Crippen molar-refractivity contribution in [3.05, 3.63) is 18.1 Å². The molecule has 1 aromatic heterocycles. The zero-order chi connectivity index (χ0) is 12.1. The minimum absolute atomic E-state index is 0.232. The van der Waals surface area contributed by atoms with E-state index in [2.05, 4.69) is 28.6 Å². The average molecular weight is 223 g/mol. The summed E-state index contributed by atoms with van der Waals surface area (Å²) in [5, 5.41) is 0. The Labute approximate surface area is 95.5 Å². The monoisotopic (exact) mass is 223 g/mol. The minimum Gasteiger partial charge on any atom is -0.464 e. The SMILES string of the molecule is COC(=O)c1cncc(N(C)CC(C)C)n1. The molecule has 1 heterocycles. The van der Waals surface area contributed by atoms with Crippen molar-refractivity contribution in [1.82, 2.24) is 9.97 Å². The number of methoxy groups -OCH3 is 1. The maximum Gasteiger partial charge on any atom is 0.358 e. The lowest BCUT2D eigenvalue weighted by Gasteiger charge is -2.19. The molecule has 1 rings (SSSR count). The Balaban J connectivity index is 2.85. The molecule has 0 saturated carbocycles. The highest BCUT2D eigenvalue weighted by molar-refractivity contribution is 5.87. The summed E-state index contributed by atoms with van der Waals surface area (Å²) in [5.74, 6) is 0.734. The summed E-state index contributed by atoms with van der Waals surface area (Å²) in [5.41, 5.74) is 0.232. The van der Waals surface area contributed by atoms with Crippen molar-refractivity contribution in [2.45, 2.75) is 13.8 Å². The van der Waals surface area contributed by atoms with E-state index in [1.165, 1.54) is 13.3 Å². The molecule has 0 fully saturated rings. The van der Waals surface area contributed by atoms with E-state index < -0.39 is 5.97 Å². The summed E-state index contributed by atoms with van der Waals surface area (Å²) in [4.78, 5) is 21.4. The van der Waals surface area contributed by atoms with Gasteiger partial charge in [-0.05, 0) is 5.92 Å². The first-order valence-electron chi connectivity index (χ1n) is 5.16. The van der Waals surface area contributed by atoms with Crippen LogP contribution in [0.25, 0.3) is 0 Å². The predicted molar refractivity (Wildman–Crippen MR) is 61.5 cm³/mol. The molecule has 1 aromatic rings. The summed E-state index contributed by atoms with van der Waals surface area (Å²) < 4.78 is 4.59. The third kappa shape index (κ3) is 3.18. The maximum atomic E-state index is 11.3. The third-order valence-corrected chi connectivity index (χ3v) is 2.05. The van der Waals surface area contributed by atoms with Gasteiger partial charge in [-0.1, -0.05) is 13.8 Å². The van der Waals surface area contributed by atoms with Gasteiger partial charge < -0.3 is 9.64 Å². The van der Waals surface area contributed by atoms with E-state index in [4.69, 9.17) is 0 Å². The number of hydrogen-bond donors (Lipinski definition) is 0. The topological polar surface area (TPSA) is 55.3 Å². The number of aromatic nitrogens is 2. The normalized spacial score (nSPS) is 10.3. The molecule has 0 aliphatic carbocycles. The Morgan fingerprint density at radius 3 is 2.75 bits per heavy atom. The van der Waals surface area contributed by atoms with E-state index in [1.807, 2.05) is 11.9 Å². The van der Waals surface area contributed by atoms with Crippen molar-refractivity contribution >= 4 is 11.8 Å². The van der Waals surface area contributed by atoms with Crippen LogP contribution >= 0.6 is 0 Å². The van der Waals surface area contributed by atoms with Gasteiger partial charge in [0.1, 0.15) is 5.82 Å². The minimum atomic E-state index is -0.465. The second-order valence-corrected chi connectivity index (χ2v) is 4.03. The molecule has 0 saturated heterocycles. The number of hydrogen-bond acceptors (Lipinski definition) is 5. The molecule has 0 amide bonds. The van der Waals surface area contributed by atoms with Crippen molar-refractivity contribution in [3.63, 3.8) is 0 Å². The van der Waals surface area contributed by atoms with E-state index in [-0.39, 0.29) is 5.69 Å². The molecule has 0 radical (unpaired) electrons. The van der Waals surface area contributed by atoms with Crippen LogP contribution in [0.15, 0.2) is 12.4 Å². The second-order valence-electron chi connectivity index (χ2n) is 4.03. The van der Waals surface area contributed by atoms with E-state index in [1.54, 1.807) is 6.20 Å².